The van der Waals surface area contributed by atoms with Crippen LogP contribution < -0.4 is 4.74 Å². The fourth-order valence-corrected chi connectivity index (χ4v) is 5.54. The Labute approximate surface area is 195 Å². The van der Waals surface area contributed by atoms with E-state index in [1.165, 1.54) is 31.4 Å². The van der Waals surface area contributed by atoms with Crippen molar-refractivity contribution in [2.75, 3.05) is 32.8 Å². The van der Waals surface area contributed by atoms with Crippen molar-refractivity contribution in [3.63, 3.8) is 0 Å². The molecule has 0 aromatic heterocycles. The largest absolute Gasteiger partial charge is 0.488 e. The molecule has 0 saturated carbocycles. The average molecular weight is 453 g/mol. The van der Waals surface area contributed by atoms with E-state index in [4.69, 9.17) is 9.47 Å². The van der Waals surface area contributed by atoms with Gasteiger partial charge >= 0.3 is 0 Å². The molecule has 3 saturated heterocycles. The lowest BCUT2D eigenvalue weighted by molar-refractivity contribution is -0.0453. The predicted octanol–water partition coefficient (Wildman–Crippen LogP) is 4.65. The molecule has 3 heterocycles. The Morgan fingerprint density at radius 2 is 1.82 bits per heavy atom. The van der Waals surface area contributed by atoms with Gasteiger partial charge in [-0.3, -0.25) is 9.69 Å². The van der Waals surface area contributed by atoms with Gasteiger partial charge in [-0.1, -0.05) is 24.6 Å². The number of likely N-dealkylation sites (tertiary alicyclic amines) is 2. The number of amides is 1. The molecule has 0 radical (unpaired) electrons. The predicted molar refractivity (Wildman–Crippen MR) is 125 cm³/mol. The van der Waals surface area contributed by atoms with E-state index in [1.807, 2.05) is 23.1 Å². The number of halogens is 1. The Morgan fingerprint density at radius 3 is 2.64 bits per heavy atom. The molecule has 2 aromatic carbocycles. The lowest BCUT2D eigenvalue weighted by Gasteiger charge is -2.40. The number of hydrogen-bond acceptors (Lipinski definition) is 4. The van der Waals surface area contributed by atoms with E-state index >= 15 is 0 Å². The summed E-state index contributed by atoms with van der Waals surface area (Å²) in [5, 5.41) is 0. The van der Waals surface area contributed by atoms with E-state index < -0.39 is 0 Å². The number of carbonyl (C=O) groups is 1. The van der Waals surface area contributed by atoms with Crippen LogP contribution in [0.4, 0.5) is 4.39 Å². The molecule has 3 aliphatic heterocycles. The van der Waals surface area contributed by atoms with Crippen LogP contribution in [0.2, 0.25) is 0 Å². The second-order valence-corrected chi connectivity index (χ2v) is 9.72. The van der Waals surface area contributed by atoms with Gasteiger partial charge in [0.05, 0.1) is 18.8 Å². The highest BCUT2D eigenvalue weighted by Gasteiger charge is 2.45. The summed E-state index contributed by atoms with van der Waals surface area (Å²) in [7, 11) is 0. The van der Waals surface area contributed by atoms with Gasteiger partial charge in [-0.15, -0.1) is 0 Å². The Kier molecular flexibility index (Phi) is 6.65. The summed E-state index contributed by atoms with van der Waals surface area (Å²) in [4.78, 5) is 18.0. The Balaban J connectivity index is 1.24. The van der Waals surface area contributed by atoms with Crippen LogP contribution in [0.3, 0.4) is 0 Å². The number of piperidine rings is 2. The molecule has 3 fully saturated rings. The number of rotatable bonds is 5. The highest BCUT2D eigenvalue weighted by atomic mass is 19.1. The first-order chi connectivity index (χ1) is 16.1. The second kappa shape index (κ2) is 9.82. The Hall–Kier alpha value is -2.44. The van der Waals surface area contributed by atoms with Gasteiger partial charge in [-0.2, -0.15) is 0 Å². The Bertz CT molecular complexity index is 960. The Morgan fingerprint density at radius 1 is 1.03 bits per heavy atom. The first-order valence-corrected chi connectivity index (χ1v) is 12.3. The van der Waals surface area contributed by atoms with Crippen molar-refractivity contribution < 1.29 is 18.7 Å². The van der Waals surface area contributed by atoms with Crippen LogP contribution in [0.15, 0.2) is 48.5 Å². The first-order valence-electron chi connectivity index (χ1n) is 12.3. The van der Waals surface area contributed by atoms with Gasteiger partial charge in [0.25, 0.3) is 5.91 Å². The number of carbonyl (C=O) groups excluding carboxylic acids is 1. The summed E-state index contributed by atoms with van der Waals surface area (Å²) in [5.41, 5.74) is 1.58. The maximum atomic E-state index is 13.6. The van der Waals surface area contributed by atoms with Crippen molar-refractivity contribution in [2.45, 2.75) is 56.8 Å². The number of nitrogens with zero attached hydrogens (tertiary/aromatic N) is 2. The summed E-state index contributed by atoms with van der Waals surface area (Å²) in [5.74, 6) is 0.481. The van der Waals surface area contributed by atoms with E-state index in [9.17, 15) is 9.18 Å². The molecule has 0 N–H and O–H groups in total. The van der Waals surface area contributed by atoms with Crippen LogP contribution in [-0.2, 0) is 11.3 Å². The number of ether oxygens (including phenoxy) is 2. The quantitative estimate of drug-likeness (QED) is 0.662. The normalized spacial score (nSPS) is 26.0. The minimum Gasteiger partial charge on any atom is -0.488 e. The zero-order valence-electron chi connectivity index (χ0n) is 19.2. The van der Waals surface area contributed by atoms with Gasteiger partial charge in [0.2, 0.25) is 0 Å². The van der Waals surface area contributed by atoms with Crippen LogP contribution in [0.1, 0.15) is 54.4 Å². The van der Waals surface area contributed by atoms with Gasteiger partial charge in [-0.25, -0.2) is 4.39 Å². The van der Waals surface area contributed by atoms with Crippen LogP contribution in [0.5, 0.6) is 5.75 Å². The summed E-state index contributed by atoms with van der Waals surface area (Å²) in [6.45, 7) is 4.89. The number of hydrogen-bond donors (Lipinski definition) is 0. The molecular formula is C27H33FN2O3. The van der Waals surface area contributed by atoms with Crippen molar-refractivity contribution in [2.24, 2.45) is 0 Å². The third-order valence-corrected chi connectivity index (χ3v) is 7.21. The molecule has 2 atom stereocenters. The molecule has 0 aliphatic carbocycles. The lowest BCUT2D eigenvalue weighted by atomic mass is 9.88. The fraction of sp³-hybridized carbons (Fsp3) is 0.519. The monoisotopic (exact) mass is 452 g/mol. The minimum atomic E-state index is -0.361. The minimum absolute atomic E-state index is 0.0862. The molecular weight excluding hydrogens is 419 g/mol. The maximum Gasteiger partial charge on any atom is 0.254 e. The molecule has 3 aliphatic rings. The summed E-state index contributed by atoms with van der Waals surface area (Å²) >= 11 is 0. The van der Waals surface area contributed by atoms with Crippen molar-refractivity contribution >= 4 is 5.91 Å². The van der Waals surface area contributed by atoms with Crippen molar-refractivity contribution in [1.29, 1.82) is 0 Å². The molecule has 33 heavy (non-hydrogen) atoms. The highest BCUT2D eigenvalue weighted by molar-refractivity contribution is 5.95. The van der Waals surface area contributed by atoms with E-state index in [0.717, 1.165) is 56.6 Å². The van der Waals surface area contributed by atoms with Crippen LogP contribution >= 0.6 is 0 Å². The van der Waals surface area contributed by atoms with Gasteiger partial charge in [0.15, 0.2) is 0 Å². The van der Waals surface area contributed by atoms with Gasteiger partial charge in [-0.05, 0) is 74.7 Å². The molecule has 5 rings (SSSR count). The van der Waals surface area contributed by atoms with Crippen LogP contribution in [0, 0.1) is 5.82 Å². The molecule has 1 amide bonds. The number of benzene rings is 2. The molecule has 2 aromatic rings. The maximum absolute atomic E-state index is 13.6. The summed E-state index contributed by atoms with van der Waals surface area (Å²) in [6, 6.07) is 14.2. The average Bonchev–Trinajstić information content (AvgIpc) is 3.22. The second-order valence-electron chi connectivity index (χ2n) is 9.72. The lowest BCUT2D eigenvalue weighted by Crippen LogP contribution is -2.50. The molecule has 5 nitrogen and oxygen atoms in total. The molecule has 0 bridgehead atoms. The highest BCUT2D eigenvalue weighted by Crippen LogP contribution is 2.37. The summed E-state index contributed by atoms with van der Waals surface area (Å²) in [6.07, 6.45) is 6.28. The SMILES string of the molecule is O=C(c1ccccc1CN1CCCCC1)N1CCC[C@]2(C[C@@H](Oc3ccc(F)cc3)CO2)C1. The van der Waals surface area contributed by atoms with Crippen molar-refractivity contribution in [3.05, 3.63) is 65.5 Å². The third-order valence-electron chi connectivity index (χ3n) is 7.21. The molecule has 0 unspecified atom stereocenters. The summed E-state index contributed by atoms with van der Waals surface area (Å²) < 4.78 is 25.5. The van der Waals surface area contributed by atoms with Crippen molar-refractivity contribution in [3.8, 4) is 5.75 Å². The molecule has 1 spiro atoms. The van der Waals surface area contributed by atoms with E-state index in [0.29, 0.717) is 18.9 Å². The topological polar surface area (TPSA) is 42.0 Å². The zero-order chi connectivity index (χ0) is 22.7. The first kappa shape index (κ1) is 22.4. The van der Waals surface area contributed by atoms with Gasteiger partial charge in [0.1, 0.15) is 17.7 Å². The van der Waals surface area contributed by atoms with E-state index in [-0.39, 0.29) is 23.4 Å². The van der Waals surface area contributed by atoms with Crippen LogP contribution in [-0.4, -0.2) is 60.2 Å². The molecule has 176 valence electrons. The van der Waals surface area contributed by atoms with E-state index in [2.05, 4.69) is 11.0 Å². The smallest absolute Gasteiger partial charge is 0.254 e. The standard InChI is InChI=1S/C27H33FN2O3/c28-22-9-11-23(12-10-22)33-24-17-27(32-19-24)13-6-16-30(20-27)26(31)25-8-3-2-7-21(25)18-29-14-4-1-5-15-29/h2-3,7-12,24H,1,4-6,13-20H2/t24-,27+/m1/s1. The van der Waals surface area contributed by atoms with Gasteiger partial charge < -0.3 is 14.4 Å². The molecule has 6 heteroatoms. The zero-order valence-corrected chi connectivity index (χ0v) is 19.2. The fourth-order valence-electron chi connectivity index (χ4n) is 5.54. The van der Waals surface area contributed by atoms with E-state index in [1.54, 1.807) is 12.1 Å². The van der Waals surface area contributed by atoms with Crippen molar-refractivity contribution in [1.82, 2.24) is 9.80 Å². The third kappa shape index (κ3) is 5.22. The van der Waals surface area contributed by atoms with Gasteiger partial charge in [0, 0.05) is 25.1 Å². The van der Waals surface area contributed by atoms with Crippen LogP contribution in [0.25, 0.3) is 0 Å².